The molecule has 0 fully saturated rings. The number of halogens is 3. The van der Waals surface area contributed by atoms with E-state index in [1.165, 1.54) is 25.7 Å². The number of carbonyl (C=O) groups excluding carboxylic acids is 1. The topological polar surface area (TPSA) is 63.1 Å². The Morgan fingerprint density at radius 3 is 2.29 bits per heavy atom. The normalized spacial score (nSPS) is 11.5. The minimum absolute atomic E-state index is 0.103. The number of carbonyl (C=O) groups is 1. The number of alkyl halides is 3. The molecule has 0 radical (unpaired) electrons. The zero-order chi connectivity index (χ0) is 22.8. The van der Waals surface area contributed by atoms with Gasteiger partial charge < -0.3 is 15.2 Å². The number of hydrogen-bond acceptors (Lipinski definition) is 4. The molecule has 1 heterocycles. The van der Waals surface area contributed by atoms with E-state index in [1.54, 1.807) is 6.07 Å². The van der Waals surface area contributed by atoms with Gasteiger partial charge in [-0.2, -0.15) is 13.2 Å². The summed E-state index contributed by atoms with van der Waals surface area (Å²) in [6.45, 7) is 3.25. The number of thioether (sulfide) groups is 1. The molecular weight excluding hydrogens is 427 g/mol. The monoisotopic (exact) mass is 449 g/mol. The molecule has 0 saturated carbocycles. The Bertz CT molecular complexity index is 1190. The third-order valence-corrected chi connectivity index (χ3v) is 5.73. The molecular formula is C22H22F3N3O2S. The maximum atomic E-state index is 13.5. The summed E-state index contributed by atoms with van der Waals surface area (Å²) in [5.74, 6) is 0.130. The van der Waals surface area contributed by atoms with Crippen molar-refractivity contribution in [3.63, 3.8) is 0 Å². The smallest absolute Gasteiger partial charge is 0.382 e. The molecule has 0 atom stereocenters. The van der Waals surface area contributed by atoms with Gasteiger partial charge in [-0.3, -0.25) is 9.59 Å². The minimum atomic E-state index is -4.74. The Morgan fingerprint density at radius 1 is 1.10 bits per heavy atom. The van der Waals surface area contributed by atoms with Crippen LogP contribution in [0.5, 0.6) is 0 Å². The Hall–Kier alpha value is -2.94. The van der Waals surface area contributed by atoms with Crippen LogP contribution in [0.1, 0.15) is 29.9 Å². The third kappa shape index (κ3) is 4.56. The Labute approximate surface area is 181 Å². The van der Waals surface area contributed by atoms with Crippen LogP contribution in [0.2, 0.25) is 0 Å². The molecule has 0 saturated heterocycles. The quantitative estimate of drug-likeness (QED) is 0.492. The van der Waals surface area contributed by atoms with Crippen LogP contribution in [0.3, 0.4) is 0 Å². The number of amides is 1. The zero-order valence-corrected chi connectivity index (χ0v) is 18.1. The molecule has 3 rings (SSSR count). The minimum Gasteiger partial charge on any atom is -0.382 e. The van der Waals surface area contributed by atoms with Crippen molar-refractivity contribution in [2.24, 2.45) is 0 Å². The first-order chi connectivity index (χ1) is 14.7. The van der Waals surface area contributed by atoms with Gasteiger partial charge in [0, 0.05) is 18.5 Å². The van der Waals surface area contributed by atoms with E-state index < -0.39 is 23.3 Å². The summed E-state index contributed by atoms with van der Waals surface area (Å²) in [6, 6.07) is 11.9. The van der Waals surface area contributed by atoms with Gasteiger partial charge in [0.05, 0.1) is 11.3 Å². The number of aromatic nitrogens is 1. The zero-order valence-electron chi connectivity index (χ0n) is 17.3. The van der Waals surface area contributed by atoms with Crippen molar-refractivity contribution in [3.8, 4) is 0 Å². The van der Waals surface area contributed by atoms with Crippen molar-refractivity contribution >= 4 is 39.8 Å². The van der Waals surface area contributed by atoms with E-state index in [4.69, 9.17) is 0 Å². The molecule has 1 amide bonds. The van der Waals surface area contributed by atoms with Crippen molar-refractivity contribution in [1.82, 2.24) is 4.57 Å². The highest BCUT2D eigenvalue weighted by atomic mass is 32.2. The first kappa shape index (κ1) is 22.7. The summed E-state index contributed by atoms with van der Waals surface area (Å²) < 4.78 is 41.2. The van der Waals surface area contributed by atoms with Gasteiger partial charge in [0.1, 0.15) is 11.4 Å². The molecule has 0 unspecified atom stereocenters. The maximum Gasteiger partial charge on any atom is 0.431 e. The fourth-order valence-corrected chi connectivity index (χ4v) is 4.23. The van der Waals surface area contributed by atoms with E-state index in [9.17, 15) is 22.8 Å². The molecule has 1 aromatic heterocycles. The number of anilines is 2. The number of nitrogens with zero attached hydrogens (tertiary/aromatic N) is 1. The van der Waals surface area contributed by atoms with Crippen molar-refractivity contribution < 1.29 is 18.0 Å². The Morgan fingerprint density at radius 2 is 1.74 bits per heavy atom. The van der Waals surface area contributed by atoms with E-state index in [0.29, 0.717) is 20.8 Å². The molecule has 5 nitrogen and oxygen atoms in total. The molecule has 2 N–H and O–H groups in total. The van der Waals surface area contributed by atoms with Crippen LogP contribution in [-0.2, 0) is 12.7 Å². The first-order valence-electron chi connectivity index (χ1n) is 9.71. The summed E-state index contributed by atoms with van der Waals surface area (Å²) >= 11 is 1.46. The standard InChI is InChI=1S/C22H22F3N3O2S/c1-4-28-18(22(23,24)25)12-16(19(26-3)21(28)30)27-20(29)15-10-13-8-6-7-9-14(13)11-17(15)31-5-2/h6-12,26H,4-5H2,1-3H3,(H,27,29). The lowest BCUT2D eigenvalue weighted by Gasteiger charge is -2.19. The molecule has 0 aliphatic heterocycles. The van der Waals surface area contributed by atoms with Crippen LogP contribution in [0, 0.1) is 0 Å². The van der Waals surface area contributed by atoms with Gasteiger partial charge in [-0.15, -0.1) is 11.8 Å². The number of rotatable bonds is 6. The fourth-order valence-electron chi connectivity index (χ4n) is 3.40. The number of fused-ring (bicyclic) bond motifs is 1. The number of pyridine rings is 1. The molecule has 3 aromatic rings. The summed E-state index contributed by atoms with van der Waals surface area (Å²) in [6.07, 6.45) is -4.74. The molecule has 31 heavy (non-hydrogen) atoms. The van der Waals surface area contributed by atoms with E-state index in [0.717, 1.165) is 16.8 Å². The highest BCUT2D eigenvalue weighted by molar-refractivity contribution is 7.99. The summed E-state index contributed by atoms with van der Waals surface area (Å²) in [7, 11) is 1.42. The average Bonchev–Trinajstić information content (AvgIpc) is 2.72. The maximum absolute atomic E-state index is 13.5. The fraction of sp³-hybridized carbons (Fsp3) is 0.273. The van der Waals surface area contributed by atoms with E-state index in [1.807, 2.05) is 37.3 Å². The van der Waals surface area contributed by atoms with Crippen molar-refractivity contribution in [2.45, 2.75) is 31.5 Å². The summed E-state index contributed by atoms with van der Waals surface area (Å²) in [5, 5.41) is 6.93. The van der Waals surface area contributed by atoms with Crippen LogP contribution in [0.4, 0.5) is 24.5 Å². The third-order valence-electron chi connectivity index (χ3n) is 4.80. The molecule has 9 heteroatoms. The van der Waals surface area contributed by atoms with Gasteiger partial charge in [-0.1, -0.05) is 31.2 Å². The van der Waals surface area contributed by atoms with Gasteiger partial charge in [0.25, 0.3) is 11.5 Å². The van der Waals surface area contributed by atoms with E-state index in [-0.39, 0.29) is 17.9 Å². The van der Waals surface area contributed by atoms with Crippen LogP contribution >= 0.6 is 11.8 Å². The van der Waals surface area contributed by atoms with Crippen LogP contribution < -0.4 is 16.2 Å². The molecule has 0 bridgehead atoms. The van der Waals surface area contributed by atoms with Crippen LogP contribution in [-0.4, -0.2) is 23.3 Å². The van der Waals surface area contributed by atoms with E-state index in [2.05, 4.69) is 10.6 Å². The number of hydrogen-bond donors (Lipinski definition) is 2. The van der Waals surface area contributed by atoms with Gasteiger partial charge in [0.15, 0.2) is 0 Å². The number of nitrogens with one attached hydrogen (secondary N) is 2. The lowest BCUT2D eigenvalue weighted by atomic mass is 10.1. The molecule has 164 valence electrons. The lowest BCUT2D eigenvalue weighted by Crippen LogP contribution is -2.30. The Balaban J connectivity index is 2.12. The largest absolute Gasteiger partial charge is 0.431 e. The second-order valence-electron chi connectivity index (χ2n) is 6.70. The molecule has 2 aromatic carbocycles. The number of benzene rings is 2. The SMILES string of the molecule is CCSc1cc2ccccc2cc1C(=O)Nc1cc(C(F)(F)F)n(CC)c(=O)c1NC. The molecule has 0 aliphatic rings. The van der Waals surface area contributed by atoms with Gasteiger partial charge in [-0.05, 0) is 41.6 Å². The second kappa shape index (κ2) is 9.05. The van der Waals surface area contributed by atoms with Gasteiger partial charge >= 0.3 is 6.18 Å². The Kier molecular flexibility index (Phi) is 6.64. The highest BCUT2D eigenvalue weighted by Crippen LogP contribution is 2.33. The summed E-state index contributed by atoms with van der Waals surface area (Å²) in [4.78, 5) is 26.4. The summed E-state index contributed by atoms with van der Waals surface area (Å²) in [5.41, 5.74) is -1.95. The van der Waals surface area contributed by atoms with Crippen molar-refractivity contribution in [3.05, 3.63) is 64.1 Å². The second-order valence-corrected chi connectivity index (χ2v) is 8.00. The van der Waals surface area contributed by atoms with Crippen LogP contribution in [0.15, 0.2) is 52.2 Å². The first-order valence-corrected chi connectivity index (χ1v) is 10.7. The van der Waals surface area contributed by atoms with Crippen LogP contribution in [0.25, 0.3) is 10.8 Å². The van der Waals surface area contributed by atoms with Gasteiger partial charge in [0.2, 0.25) is 0 Å². The molecule has 0 aliphatic carbocycles. The predicted molar refractivity (Wildman–Crippen MR) is 119 cm³/mol. The highest BCUT2D eigenvalue weighted by Gasteiger charge is 2.36. The van der Waals surface area contributed by atoms with E-state index >= 15 is 0 Å². The van der Waals surface area contributed by atoms with Gasteiger partial charge in [-0.25, -0.2) is 0 Å². The molecule has 0 spiro atoms. The van der Waals surface area contributed by atoms with Crippen molar-refractivity contribution in [2.75, 3.05) is 23.4 Å². The average molecular weight is 449 g/mol. The lowest BCUT2D eigenvalue weighted by molar-refractivity contribution is -0.144. The predicted octanol–water partition coefficient (Wildman–Crippen LogP) is 5.45. The van der Waals surface area contributed by atoms with Crippen molar-refractivity contribution in [1.29, 1.82) is 0 Å².